The number of likely N-dealkylation sites (N-methyl/N-ethyl adjacent to an activating group) is 1. The Morgan fingerprint density at radius 1 is 0.935 bits per heavy atom. The summed E-state index contributed by atoms with van der Waals surface area (Å²) >= 11 is 0. The van der Waals surface area contributed by atoms with Gasteiger partial charge in [0.2, 0.25) is 0 Å². The van der Waals surface area contributed by atoms with Gasteiger partial charge in [-0.3, -0.25) is 0 Å². The van der Waals surface area contributed by atoms with Crippen LogP contribution in [0.5, 0.6) is 11.5 Å². The number of rotatable bonds is 11. The fraction of sp³-hybridized carbons (Fsp3) is 0.760. The minimum atomic E-state index is -0.490. The zero-order chi connectivity index (χ0) is 21.9. The summed E-state index contributed by atoms with van der Waals surface area (Å²) < 4.78 is 11.5. The van der Waals surface area contributed by atoms with E-state index in [4.69, 9.17) is 9.47 Å². The van der Waals surface area contributed by atoms with Gasteiger partial charge in [0.15, 0.2) is 11.5 Å². The van der Waals surface area contributed by atoms with Crippen molar-refractivity contribution in [3.8, 4) is 11.5 Å². The normalized spacial score (nSPS) is 19.9. The van der Waals surface area contributed by atoms with E-state index >= 15 is 0 Å². The van der Waals surface area contributed by atoms with Gasteiger partial charge in [-0.05, 0) is 76.6 Å². The highest BCUT2D eigenvalue weighted by atomic mass is 16.5. The first-order valence-corrected chi connectivity index (χ1v) is 12.2. The molecular formula is C25H43N3O3. The summed E-state index contributed by atoms with van der Waals surface area (Å²) in [6.07, 6.45) is 8.61. The standard InChI is InChI=1S/C25H43N3O3/c1-26(16-17-27-12-8-9-13-27)19-22-10-11-24(30-2)25(18-22)31-21-23(29)20-28-14-6-4-3-5-7-15-28/h10-11,18,23,29H,3-9,12-17,19-21H2,1-2H3. The summed E-state index contributed by atoms with van der Waals surface area (Å²) in [6, 6.07) is 6.15. The van der Waals surface area contributed by atoms with Crippen LogP contribution in [0.25, 0.3) is 0 Å². The van der Waals surface area contributed by atoms with E-state index in [9.17, 15) is 5.11 Å². The molecule has 0 bridgehead atoms. The van der Waals surface area contributed by atoms with E-state index in [1.807, 2.05) is 6.07 Å². The molecule has 0 aliphatic carbocycles. The van der Waals surface area contributed by atoms with Gasteiger partial charge in [-0.15, -0.1) is 0 Å². The summed E-state index contributed by atoms with van der Waals surface area (Å²) in [5.74, 6) is 1.45. The number of hydrogen-bond donors (Lipinski definition) is 1. The minimum absolute atomic E-state index is 0.293. The van der Waals surface area contributed by atoms with Crippen molar-refractivity contribution >= 4 is 0 Å². The van der Waals surface area contributed by atoms with Crippen molar-refractivity contribution in [2.24, 2.45) is 0 Å². The molecule has 1 aromatic carbocycles. The predicted octanol–water partition coefficient (Wildman–Crippen LogP) is 3.23. The Labute approximate surface area is 189 Å². The number of β-amino-alcohol motifs (C(OH)–C–C–N with tert-alkyl or cyclic N) is 1. The van der Waals surface area contributed by atoms with Gasteiger partial charge < -0.3 is 29.3 Å². The molecule has 31 heavy (non-hydrogen) atoms. The van der Waals surface area contributed by atoms with E-state index in [2.05, 4.69) is 33.9 Å². The molecule has 2 heterocycles. The molecule has 0 radical (unpaired) electrons. The molecule has 0 spiro atoms. The van der Waals surface area contributed by atoms with Crippen molar-refractivity contribution in [2.45, 2.75) is 57.6 Å². The number of ether oxygens (including phenoxy) is 2. The highest BCUT2D eigenvalue weighted by Gasteiger charge is 2.16. The van der Waals surface area contributed by atoms with Crippen LogP contribution in [0.1, 0.15) is 50.5 Å². The summed E-state index contributed by atoms with van der Waals surface area (Å²) in [7, 11) is 3.84. The second-order valence-corrected chi connectivity index (χ2v) is 9.30. The second kappa shape index (κ2) is 13.3. The van der Waals surface area contributed by atoms with Gasteiger partial charge in [-0.1, -0.05) is 25.3 Å². The SMILES string of the molecule is COc1ccc(CN(C)CCN2CCCC2)cc1OCC(O)CN1CCCCCCC1. The molecule has 1 unspecified atom stereocenters. The van der Waals surface area contributed by atoms with E-state index < -0.39 is 6.10 Å². The predicted molar refractivity (Wildman–Crippen MR) is 126 cm³/mol. The molecular weight excluding hydrogens is 390 g/mol. The fourth-order valence-electron chi connectivity index (χ4n) is 4.67. The lowest BCUT2D eigenvalue weighted by atomic mass is 10.1. The zero-order valence-electron chi connectivity index (χ0n) is 19.7. The van der Waals surface area contributed by atoms with Crippen LogP contribution in [0.15, 0.2) is 18.2 Å². The Kier molecular flexibility index (Phi) is 10.4. The van der Waals surface area contributed by atoms with Crippen LogP contribution < -0.4 is 9.47 Å². The Balaban J connectivity index is 1.47. The molecule has 6 nitrogen and oxygen atoms in total. The van der Waals surface area contributed by atoms with E-state index in [0.717, 1.165) is 44.2 Å². The van der Waals surface area contributed by atoms with Crippen LogP contribution in [0.2, 0.25) is 0 Å². The van der Waals surface area contributed by atoms with E-state index in [-0.39, 0.29) is 0 Å². The van der Waals surface area contributed by atoms with Crippen LogP contribution in [0.3, 0.4) is 0 Å². The number of likely N-dealkylation sites (tertiary alicyclic amines) is 2. The van der Waals surface area contributed by atoms with Crippen molar-refractivity contribution in [3.63, 3.8) is 0 Å². The van der Waals surface area contributed by atoms with E-state index in [1.165, 1.54) is 63.6 Å². The number of nitrogens with zero attached hydrogens (tertiary/aromatic N) is 3. The van der Waals surface area contributed by atoms with Gasteiger partial charge in [0.05, 0.1) is 7.11 Å². The largest absolute Gasteiger partial charge is 0.493 e. The maximum absolute atomic E-state index is 10.6. The lowest BCUT2D eigenvalue weighted by Crippen LogP contribution is -2.37. The monoisotopic (exact) mass is 433 g/mol. The Morgan fingerprint density at radius 2 is 1.58 bits per heavy atom. The molecule has 2 fully saturated rings. The van der Waals surface area contributed by atoms with Crippen LogP contribution in [-0.4, -0.2) is 92.5 Å². The van der Waals surface area contributed by atoms with E-state index in [1.54, 1.807) is 7.11 Å². The maximum Gasteiger partial charge on any atom is 0.161 e. The van der Waals surface area contributed by atoms with Crippen molar-refractivity contribution in [3.05, 3.63) is 23.8 Å². The Bertz CT molecular complexity index is 628. The highest BCUT2D eigenvalue weighted by Crippen LogP contribution is 2.28. The summed E-state index contributed by atoms with van der Waals surface area (Å²) in [6.45, 7) is 8.71. The molecule has 3 rings (SSSR count). The topological polar surface area (TPSA) is 48.4 Å². The number of aliphatic hydroxyl groups is 1. The molecule has 6 heteroatoms. The lowest BCUT2D eigenvalue weighted by Gasteiger charge is -2.27. The average molecular weight is 434 g/mol. The van der Waals surface area contributed by atoms with Gasteiger partial charge >= 0.3 is 0 Å². The number of aliphatic hydroxyl groups excluding tert-OH is 1. The Morgan fingerprint density at radius 3 is 2.29 bits per heavy atom. The first-order chi connectivity index (χ1) is 15.1. The number of methoxy groups -OCH3 is 1. The quantitative estimate of drug-likeness (QED) is 0.578. The van der Waals surface area contributed by atoms with Gasteiger partial charge in [0.25, 0.3) is 0 Å². The highest BCUT2D eigenvalue weighted by molar-refractivity contribution is 5.43. The molecule has 1 N–H and O–H groups in total. The van der Waals surface area contributed by atoms with Crippen LogP contribution in [0, 0.1) is 0 Å². The van der Waals surface area contributed by atoms with Gasteiger partial charge in [0.1, 0.15) is 12.7 Å². The Hall–Kier alpha value is -1.34. The smallest absolute Gasteiger partial charge is 0.161 e. The molecule has 0 amide bonds. The fourth-order valence-corrected chi connectivity index (χ4v) is 4.67. The molecule has 2 aliphatic rings. The third-order valence-corrected chi connectivity index (χ3v) is 6.53. The van der Waals surface area contributed by atoms with Crippen LogP contribution in [-0.2, 0) is 6.54 Å². The molecule has 0 aromatic heterocycles. The van der Waals surface area contributed by atoms with Gasteiger partial charge in [-0.25, -0.2) is 0 Å². The molecule has 2 saturated heterocycles. The molecule has 1 aromatic rings. The molecule has 2 aliphatic heterocycles. The van der Waals surface area contributed by atoms with Crippen molar-refractivity contribution in [2.75, 3.05) is 66.6 Å². The lowest BCUT2D eigenvalue weighted by molar-refractivity contribution is 0.0644. The first-order valence-electron chi connectivity index (χ1n) is 12.2. The minimum Gasteiger partial charge on any atom is -0.493 e. The first kappa shape index (κ1) is 24.3. The molecule has 176 valence electrons. The number of benzene rings is 1. The van der Waals surface area contributed by atoms with Crippen LogP contribution in [0.4, 0.5) is 0 Å². The van der Waals surface area contributed by atoms with E-state index in [0.29, 0.717) is 13.2 Å². The van der Waals surface area contributed by atoms with Gasteiger partial charge in [0, 0.05) is 26.2 Å². The number of hydrogen-bond acceptors (Lipinski definition) is 6. The second-order valence-electron chi connectivity index (χ2n) is 9.30. The van der Waals surface area contributed by atoms with Crippen LogP contribution >= 0.6 is 0 Å². The molecule has 1 atom stereocenters. The third-order valence-electron chi connectivity index (χ3n) is 6.53. The van der Waals surface area contributed by atoms with Crippen molar-refractivity contribution < 1.29 is 14.6 Å². The maximum atomic E-state index is 10.6. The third kappa shape index (κ3) is 8.60. The van der Waals surface area contributed by atoms with Crippen molar-refractivity contribution in [1.82, 2.24) is 14.7 Å². The summed E-state index contributed by atoms with van der Waals surface area (Å²) in [4.78, 5) is 7.29. The molecule has 0 saturated carbocycles. The zero-order valence-corrected chi connectivity index (χ0v) is 19.7. The summed E-state index contributed by atoms with van der Waals surface area (Å²) in [5.41, 5.74) is 1.21. The summed E-state index contributed by atoms with van der Waals surface area (Å²) in [5, 5.41) is 10.6. The van der Waals surface area contributed by atoms with Gasteiger partial charge in [-0.2, -0.15) is 0 Å². The average Bonchev–Trinajstić information content (AvgIpc) is 3.26. The van der Waals surface area contributed by atoms with Crippen molar-refractivity contribution in [1.29, 1.82) is 0 Å².